The molecule has 0 heterocycles. The van der Waals surface area contributed by atoms with Crippen LogP contribution in [0.4, 0.5) is 0 Å². The second-order valence-corrected chi connectivity index (χ2v) is 10.1. The summed E-state index contributed by atoms with van der Waals surface area (Å²) in [6.45, 7) is 9.63. The molecule has 4 nitrogen and oxygen atoms in total. The van der Waals surface area contributed by atoms with Crippen molar-refractivity contribution in [1.29, 1.82) is 0 Å². The lowest BCUT2D eigenvalue weighted by molar-refractivity contribution is -0.185. The van der Waals surface area contributed by atoms with E-state index >= 15 is 0 Å². The van der Waals surface area contributed by atoms with E-state index in [9.17, 15) is 14.4 Å². The van der Waals surface area contributed by atoms with Crippen LogP contribution in [-0.4, -0.2) is 23.1 Å². The number of rotatable bonds is 2. The summed E-state index contributed by atoms with van der Waals surface area (Å²) >= 11 is 0. The van der Waals surface area contributed by atoms with Gasteiger partial charge in [0, 0.05) is 18.8 Å². The summed E-state index contributed by atoms with van der Waals surface area (Å²) in [6.07, 6.45) is 9.20. The molecule has 0 amide bonds. The topological polar surface area (TPSA) is 60.4 Å². The van der Waals surface area contributed by atoms with Crippen LogP contribution >= 0.6 is 0 Å². The molecule has 4 aliphatic carbocycles. The molecule has 28 heavy (non-hydrogen) atoms. The Bertz CT molecular complexity index is 820. The fraction of sp³-hybridized carbons (Fsp3) is 0.708. The third-order valence-electron chi connectivity index (χ3n) is 8.84. The number of fused-ring (bicyclic) bond motifs is 5. The van der Waals surface area contributed by atoms with Gasteiger partial charge in [-0.25, -0.2) is 0 Å². The summed E-state index contributed by atoms with van der Waals surface area (Å²) in [6, 6.07) is 0. The Labute approximate surface area is 167 Å². The van der Waals surface area contributed by atoms with Gasteiger partial charge in [0.15, 0.2) is 17.2 Å². The van der Waals surface area contributed by atoms with Gasteiger partial charge in [0.1, 0.15) is 0 Å². The first-order valence-corrected chi connectivity index (χ1v) is 10.7. The van der Waals surface area contributed by atoms with E-state index in [1.807, 2.05) is 6.08 Å². The zero-order valence-electron chi connectivity index (χ0n) is 17.8. The maximum Gasteiger partial charge on any atom is 0.303 e. The Morgan fingerprint density at radius 3 is 2.39 bits per heavy atom. The molecule has 2 fully saturated rings. The third kappa shape index (κ3) is 2.39. The highest BCUT2D eigenvalue weighted by atomic mass is 16.6. The Hall–Kier alpha value is -1.71. The number of hydrogen-bond acceptors (Lipinski definition) is 4. The van der Waals surface area contributed by atoms with Gasteiger partial charge < -0.3 is 4.74 Å². The van der Waals surface area contributed by atoms with Gasteiger partial charge in [-0.1, -0.05) is 25.5 Å². The highest BCUT2D eigenvalue weighted by Crippen LogP contribution is 2.67. The van der Waals surface area contributed by atoms with Crippen molar-refractivity contribution in [2.45, 2.75) is 78.7 Å². The first-order valence-electron chi connectivity index (χ1n) is 10.7. The molecule has 6 atom stereocenters. The third-order valence-corrected chi connectivity index (χ3v) is 8.84. The predicted molar refractivity (Wildman–Crippen MR) is 106 cm³/mol. The van der Waals surface area contributed by atoms with Crippen LogP contribution in [0.15, 0.2) is 23.3 Å². The molecule has 0 aliphatic heterocycles. The SMILES string of the molecule is CC(=O)O[C@]1(C(C)=O)CC[C@H]2[C@@H]3C=C(C)C4=CC(=O)CC[C@]4(C)C3CC[C@@]21C. The lowest BCUT2D eigenvalue weighted by atomic mass is 9.47. The first-order chi connectivity index (χ1) is 13.0. The molecule has 152 valence electrons. The van der Waals surface area contributed by atoms with Gasteiger partial charge in [0.05, 0.1) is 0 Å². The minimum Gasteiger partial charge on any atom is -0.451 e. The molecule has 0 aromatic carbocycles. The lowest BCUT2D eigenvalue weighted by Gasteiger charge is -2.58. The van der Waals surface area contributed by atoms with Crippen LogP contribution in [0.3, 0.4) is 0 Å². The Kier molecular flexibility index (Phi) is 4.30. The molecule has 4 aliphatic rings. The minimum atomic E-state index is -0.990. The normalized spacial score (nSPS) is 44.6. The molecule has 0 aromatic heterocycles. The maximum atomic E-state index is 12.8. The molecular formula is C24H32O4. The van der Waals surface area contributed by atoms with E-state index in [1.54, 1.807) is 6.92 Å². The lowest BCUT2D eigenvalue weighted by Crippen LogP contribution is -2.58. The number of carbonyl (C=O) groups is 3. The number of Topliss-reactive ketones (excluding diaryl/α,β-unsaturated/α-hetero) is 1. The molecule has 4 rings (SSSR count). The molecule has 0 bridgehead atoms. The molecule has 0 radical (unpaired) electrons. The van der Waals surface area contributed by atoms with Crippen molar-refractivity contribution in [3.8, 4) is 0 Å². The van der Waals surface area contributed by atoms with Crippen molar-refractivity contribution >= 4 is 17.5 Å². The summed E-state index contributed by atoms with van der Waals surface area (Å²) in [5.41, 5.74) is 1.15. The van der Waals surface area contributed by atoms with Crippen molar-refractivity contribution in [2.75, 3.05) is 0 Å². The number of carbonyl (C=O) groups excluding carboxylic acids is 3. The van der Waals surface area contributed by atoms with Gasteiger partial charge >= 0.3 is 5.97 Å². The van der Waals surface area contributed by atoms with Crippen LogP contribution in [-0.2, 0) is 19.1 Å². The Balaban J connectivity index is 1.79. The van der Waals surface area contributed by atoms with Crippen LogP contribution in [0.2, 0.25) is 0 Å². The summed E-state index contributed by atoms with van der Waals surface area (Å²) in [5, 5.41) is 0. The second kappa shape index (κ2) is 6.14. The van der Waals surface area contributed by atoms with Gasteiger partial charge in [-0.2, -0.15) is 0 Å². The maximum absolute atomic E-state index is 12.8. The van der Waals surface area contributed by atoms with Gasteiger partial charge in [-0.05, 0) is 80.8 Å². The molecule has 4 heteroatoms. The quantitative estimate of drug-likeness (QED) is 0.654. The molecular weight excluding hydrogens is 352 g/mol. The van der Waals surface area contributed by atoms with Crippen LogP contribution in [0.1, 0.15) is 73.1 Å². The minimum absolute atomic E-state index is 0.0160. The van der Waals surface area contributed by atoms with E-state index in [1.165, 1.54) is 18.1 Å². The molecule has 1 unspecified atom stereocenters. The van der Waals surface area contributed by atoms with Gasteiger partial charge in [-0.15, -0.1) is 0 Å². The fourth-order valence-electron chi connectivity index (χ4n) is 7.48. The standard InChI is InChI=1S/C24H32O4/c1-14-12-18-19(22(4)9-6-17(27)13-21(14)22)7-10-23(5)20(18)8-11-24(23,15(2)25)28-16(3)26/h12-13,18-20H,6-11H2,1-5H3/t18-,19?,20+,22-,23+,24+/m1/s1. The average Bonchev–Trinajstić information content (AvgIpc) is 2.90. The number of allylic oxidation sites excluding steroid dienone is 4. The molecule has 0 spiro atoms. The van der Waals surface area contributed by atoms with E-state index in [-0.39, 0.29) is 28.4 Å². The number of esters is 1. The zero-order chi connectivity index (χ0) is 20.5. The van der Waals surface area contributed by atoms with Crippen molar-refractivity contribution in [1.82, 2.24) is 0 Å². The van der Waals surface area contributed by atoms with Crippen molar-refractivity contribution in [2.24, 2.45) is 28.6 Å². The fourth-order valence-corrected chi connectivity index (χ4v) is 7.48. The number of ketones is 2. The molecule has 0 saturated heterocycles. The Morgan fingerprint density at radius 2 is 1.75 bits per heavy atom. The highest BCUT2D eigenvalue weighted by Gasteiger charge is 2.67. The van der Waals surface area contributed by atoms with E-state index in [0.29, 0.717) is 30.6 Å². The van der Waals surface area contributed by atoms with E-state index in [2.05, 4.69) is 26.8 Å². The number of hydrogen-bond donors (Lipinski definition) is 0. The Morgan fingerprint density at radius 1 is 1.07 bits per heavy atom. The molecule has 2 saturated carbocycles. The van der Waals surface area contributed by atoms with Gasteiger partial charge in [-0.3, -0.25) is 14.4 Å². The van der Waals surface area contributed by atoms with Crippen LogP contribution in [0.25, 0.3) is 0 Å². The largest absolute Gasteiger partial charge is 0.451 e. The molecule has 0 aromatic rings. The monoisotopic (exact) mass is 384 g/mol. The van der Waals surface area contributed by atoms with E-state index in [0.717, 1.165) is 25.7 Å². The van der Waals surface area contributed by atoms with Gasteiger partial charge in [0.25, 0.3) is 0 Å². The predicted octanol–water partition coefficient (Wildman–Crippen LogP) is 4.58. The van der Waals surface area contributed by atoms with Crippen LogP contribution < -0.4 is 0 Å². The van der Waals surface area contributed by atoms with Crippen molar-refractivity contribution in [3.05, 3.63) is 23.3 Å². The highest BCUT2D eigenvalue weighted by molar-refractivity contribution is 5.92. The smallest absolute Gasteiger partial charge is 0.303 e. The summed E-state index contributed by atoms with van der Waals surface area (Å²) in [4.78, 5) is 36.8. The second-order valence-electron chi connectivity index (χ2n) is 10.1. The van der Waals surface area contributed by atoms with E-state index in [4.69, 9.17) is 4.74 Å². The number of ether oxygens (including phenoxy) is 1. The van der Waals surface area contributed by atoms with Crippen molar-refractivity contribution in [3.63, 3.8) is 0 Å². The average molecular weight is 385 g/mol. The summed E-state index contributed by atoms with van der Waals surface area (Å²) in [7, 11) is 0. The molecule has 0 N–H and O–H groups in total. The first kappa shape index (κ1) is 19.6. The van der Waals surface area contributed by atoms with Crippen LogP contribution in [0.5, 0.6) is 0 Å². The van der Waals surface area contributed by atoms with Gasteiger partial charge in [0.2, 0.25) is 0 Å². The van der Waals surface area contributed by atoms with Crippen molar-refractivity contribution < 1.29 is 19.1 Å². The summed E-state index contributed by atoms with van der Waals surface area (Å²) in [5.74, 6) is 1.03. The summed E-state index contributed by atoms with van der Waals surface area (Å²) < 4.78 is 5.82. The zero-order valence-corrected chi connectivity index (χ0v) is 17.8. The van der Waals surface area contributed by atoms with Crippen LogP contribution in [0, 0.1) is 28.6 Å². The van der Waals surface area contributed by atoms with E-state index < -0.39 is 5.60 Å².